The summed E-state index contributed by atoms with van der Waals surface area (Å²) in [5, 5.41) is 7.54. The summed E-state index contributed by atoms with van der Waals surface area (Å²) in [5.74, 6) is 0. The van der Waals surface area contributed by atoms with Gasteiger partial charge in [-0.3, -0.25) is 0 Å². The van der Waals surface area contributed by atoms with Crippen molar-refractivity contribution in [2.24, 2.45) is 0 Å². The SMILES string of the molecule is Clc1ccc(-c2ccc(-n3c4ccccc4c4ccccc43)cc2)c2c1oc1c3ccccc3ccc12. The monoisotopic (exact) mass is 493 g/mol. The van der Waals surface area contributed by atoms with E-state index in [0.717, 1.165) is 49.5 Å². The van der Waals surface area contributed by atoms with Gasteiger partial charge in [0, 0.05) is 32.6 Å². The van der Waals surface area contributed by atoms with E-state index in [-0.39, 0.29) is 0 Å². The van der Waals surface area contributed by atoms with E-state index in [4.69, 9.17) is 16.0 Å². The van der Waals surface area contributed by atoms with Crippen LogP contribution in [0.2, 0.25) is 5.02 Å². The van der Waals surface area contributed by atoms with Crippen LogP contribution in [0.5, 0.6) is 0 Å². The van der Waals surface area contributed by atoms with Crippen LogP contribution < -0.4 is 0 Å². The molecule has 0 aliphatic carbocycles. The highest BCUT2D eigenvalue weighted by molar-refractivity contribution is 6.37. The smallest absolute Gasteiger partial charge is 0.154 e. The molecule has 8 rings (SSSR count). The van der Waals surface area contributed by atoms with E-state index >= 15 is 0 Å². The molecule has 0 atom stereocenters. The first kappa shape index (κ1) is 20.6. The molecule has 0 aliphatic rings. The zero-order valence-electron chi connectivity index (χ0n) is 19.8. The lowest BCUT2D eigenvalue weighted by atomic mass is 9.98. The van der Waals surface area contributed by atoms with Crippen molar-refractivity contribution >= 4 is 66.1 Å². The molecule has 0 fully saturated rings. The number of hydrogen-bond donors (Lipinski definition) is 0. The molecule has 2 heterocycles. The first-order valence-corrected chi connectivity index (χ1v) is 12.8. The minimum Gasteiger partial charge on any atom is -0.454 e. The van der Waals surface area contributed by atoms with Crippen molar-refractivity contribution in [2.75, 3.05) is 0 Å². The Balaban J connectivity index is 1.35. The van der Waals surface area contributed by atoms with Crippen molar-refractivity contribution in [3.8, 4) is 16.8 Å². The van der Waals surface area contributed by atoms with Crippen LogP contribution in [0.15, 0.2) is 126 Å². The van der Waals surface area contributed by atoms with Crippen LogP contribution in [0.1, 0.15) is 0 Å². The van der Waals surface area contributed by atoms with Crippen LogP contribution in [-0.2, 0) is 0 Å². The van der Waals surface area contributed by atoms with Crippen molar-refractivity contribution in [3.05, 3.63) is 126 Å². The summed E-state index contributed by atoms with van der Waals surface area (Å²) in [5.41, 5.74) is 7.40. The first-order valence-electron chi connectivity index (χ1n) is 12.4. The summed E-state index contributed by atoms with van der Waals surface area (Å²) in [7, 11) is 0. The standard InChI is InChI=1S/C34H20ClNO/c35-29-20-19-24(32-28-18-15-21-7-1-2-8-25(21)33(28)37-34(29)32)22-13-16-23(17-14-22)36-30-11-5-3-9-26(30)27-10-4-6-12-31(27)36/h1-20H. The lowest BCUT2D eigenvalue weighted by molar-refractivity contribution is 0.673. The Labute approximate surface area is 217 Å². The van der Waals surface area contributed by atoms with Gasteiger partial charge in [0.15, 0.2) is 5.58 Å². The lowest BCUT2D eigenvalue weighted by Crippen LogP contribution is -1.93. The van der Waals surface area contributed by atoms with Gasteiger partial charge in [-0.15, -0.1) is 0 Å². The third-order valence-corrected chi connectivity index (χ3v) is 7.78. The van der Waals surface area contributed by atoms with Crippen LogP contribution in [0.25, 0.3) is 71.3 Å². The number of nitrogens with zero attached hydrogens (tertiary/aromatic N) is 1. The molecular weight excluding hydrogens is 474 g/mol. The predicted molar refractivity (Wildman–Crippen MR) is 156 cm³/mol. The number of para-hydroxylation sites is 2. The molecule has 8 aromatic rings. The Bertz CT molecular complexity index is 2090. The molecule has 2 nitrogen and oxygen atoms in total. The van der Waals surface area contributed by atoms with Gasteiger partial charge in [-0.2, -0.15) is 0 Å². The van der Waals surface area contributed by atoms with E-state index in [0.29, 0.717) is 5.02 Å². The predicted octanol–water partition coefficient (Wildman–Crippen LogP) is 10.2. The Kier molecular flexibility index (Phi) is 4.31. The zero-order chi connectivity index (χ0) is 24.5. The molecule has 174 valence electrons. The summed E-state index contributed by atoms with van der Waals surface area (Å²) in [6.07, 6.45) is 0. The molecule has 0 bridgehead atoms. The van der Waals surface area contributed by atoms with Crippen LogP contribution in [0.3, 0.4) is 0 Å². The molecule has 0 aliphatic heterocycles. The molecule has 6 aromatic carbocycles. The molecular formula is C34H20ClNO. The van der Waals surface area contributed by atoms with Gasteiger partial charge in [-0.1, -0.05) is 96.5 Å². The molecule has 37 heavy (non-hydrogen) atoms. The Morgan fingerprint density at radius 3 is 1.89 bits per heavy atom. The summed E-state index contributed by atoms with van der Waals surface area (Å²) >= 11 is 6.65. The summed E-state index contributed by atoms with van der Waals surface area (Å²) in [6, 6.07) is 42.6. The molecule has 0 saturated heterocycles. The fraction of sp³-hybridized carbons (Fsp3) is 0. The molecule has 0 N–H and O–H groups in total. The summed E-state index contributed by atoms with van der Waals surface area (Å²) in [6.45, 7) is 0. The minimum atomic E-state index is 0.626. The van der Waals surface area contributed by atoms with Crippen LogP contribution in [0.4, 0.5) is 0 Å². The quantitative estimate of drug-likeness (QED) is 0.234. The van der Waals surface area contributed by atoms with E-state index < -0.39 is 0 Å². The average molecular weight is 494 g/mol. The second-order valence-electron chi connectivity index (χ2n) is 9.48. The van der Waals surface area contributed by atoms with Crippen LogP contribution >= 0.6 is 11.6 Å². The summed E-state index contributed by atoms with van der Waals surface area (Å²) < 4.78 is 8.74. The maximum atomic E-state index is 6.65. The van der Waals surface area contributed by atoms with Crippen molar-refractivity contribution in [1.29, 1.82) is 0 Å². The van der Waals surface area contributed by atoms with Gasteiger partial charge in [0.05, 0.1) is 16.1 Å². The fourth-order valence-electron chi connectivity index (χ4n) is 5.81. The van der Waals surface area contributed by atoms with Gasteiger partial charge in [0.2, 0.25) is 0 Å². The number of fused-ring (bicyclic) bond motifs is 8. The Hall–Kier alpha value is -4.53. The van der Waals surface area contributed by atoms with Crippen molar-refractivity contribution in [2.45, 2.75) is 0 Å². The second-order valence-corrected chi connectivity index (χ2v) is 9.89. The number of hydrogen-bond acceptors (Lipinski definition) is 1. The lowest BCUT2D eigenvalue weighted by Gasteiger charge is -2.10. The maximum Gasteiger partial charge on any atom is 0.154 e. The van der Waals surface area contributed by atoms with E-state index in [9.17, 15) is 0 Å². The number of aromatic nitrogens is 1. The van der Waals surface area contributed by atoms with E-state index in [1.54, 1.807) is 0 Å². The van der Waals surface area contributed by atoms with E-state index in [1.807, 2.05) is 18.2 Å². The van der Waals surface area contributed by atoms with Gasteiger partial charge >= 0.3 is 0 Å². The van der Waals surface area contributed by atoms with Gasteiger partial charge in [0.25, 0.3) is 0 Å². The molecule has 0 saturated carbocycles. The molecule has 0 amide bonds. The van der Waals surface area contributed by atoms with Gasteiger partial charge in [-0.25, -0.2) is 0 Å². The third kappa shape index (κ3) is 2.94. The highest BCUT2D eigenvalue weighted by Gasteiger charge is 2.18. The summed E-state index contributed by atoms with van der Waals surface area (Å²) in [4.78, 5) is 0. The van der Waals surface area contributed by atoms with Crippen molar-refractivity contribution in [1.82, 2.24) is 4.57 Å². The number of furan rings is 1. The minimum absolute atomic E-state index is 0.626. The van der Waals surface area contributed by atoms with Crippen LogP contribution in [0, 0.1) is 0 Å². The number of rotatable bonds is 2. The van der Waals surface area contributed by atoms with Gasteiger partial charge in [0.1, 0.15) is 5.58 Å². The molecule has 0 unspecified atom stereocenters. The first-order chi connectivity index (χ1) is 18.3. The third-order valence-electron chi connectivity index (χ3n) is 7.48. The fourth-order valence-corrected chi connectivity index (χ4v) is 6.00. The van der Waals surface area contributed by atoms with Gasteiger partial charge < -0.3 is 8.98 Å². The second kappa shape index (κ2) is 7.73. The molecule has 0 spiro atoms. The molecule has 0 radical (unpaired) electrons. The average Bonchev–Trinajstić information content (AvgIpc) is 3.51. The van der Waals surface area contributed by atoms with Crippen molar-refractivity contribution < 1.29 is 4.42 Å². The zero-order valence-corrected chi connectivity index (χ0v) is 20.5. The Morgan fingerprint density at radius 1 is 0.514 bits per heavy atom. The van der Waals surface area contributed by atoms with Gasteiger partial charge in [-0.05, 0) is 52.9 Å². The van der Waals surface area contributed by atoms with E-state index in [1.165, 1.54) is 21.8 Å². The van der Waals surface area contributed by atoms with Crippen LogP contribution in [-0.4, -0.2) is 4.57 Å². The number of benzene rings is 6. The largest absolute Gasteiger partial charge is 0.454 e. The highest BCUT2D eigenvalue weighted by atomic mass is 35.5. The normalized spacial score (nSPS) is 11.9. The molecule has 3 heteroatoms. The number of halogens is 1. The maximum absolute atomic E-state index is 6.65. The van der Waals surface area contributed by atoms with E-state index in [2.05, 4.69) is 108 Å². The van der Waals surface area contributed by atoms with Crippen molar-refractivity contribution in [3.63, 3.8) is 0 Å². The topological polar surface area (TPSA) is 18.1 Å². The highest BCUT2D eigenvalue weighted by Crippen LogP contribution is 2.42. The molecule has 2 aromatic heterocycles. The Morgan fingerprint density at radius 2 is 1.16 bits per heavy atom.